The molecular weight excluding hydrogens is 313 g/mol. The first-order valence-corrected chi connectivity index (χ1v) is 6.72. The number of benzene rings is 2. The Morgan fingerprint density at radius 1 is 1.19 bits per heavy atom. The third kappa shape index (κ3) is 3.93. The number of nitrogens with one attached hydrogen (secondary N) is 1. The summed E-state index contributed by atoms with van der Waals surface area (Å²) < 4.78 is 0. The van der Waals surface area contributed by atoms with Gasteiger partial charge in [-0.15, -0.1) is 0 Å². The van der Waals surface area contributed by atoms with E-state index in [4.69, 9.17) is 23.2 Å². The van der Waals surface area contributed by atoms with Gasteiger partial charge in [0.15, 0.2) is 0 Å². The predicted octanol–water partition coefficient (Wildman–Crippen LogP) is 4.66. The van der Waals surface area contributed by atoms with E-state index in [-0.39, 0.29) is 5.69 Å². The maximum atomic E-state index is 10.9. The zero-order valence-corrected chi connectivity index (χ0v) is 12.5. The van der Waals surface area contributed by atoms with Crippen molar-refractivity contribution in [2.45, 2.75) is 6.92 Å². The van der Waals surface area contributed by atoms with Crippen molar-refractivity contribution in [1.82, 2.24) is 0 Å². The maximum absolute atomic E-state index is 10.9. The number of halogens is 2. The molecule has 0 radical (unpaired) electrons. The second-order valence-electron chi connectivity index (χ2n) is 4.30. The minimum atomic E-state index is -0.418. The van der Waals surface area contributed by atoms with Crippen LogP contribution in [0.5, 0.6) is 0 Å². The Kier molecular flexibility index (Phi) is 4.77. The lowest BCUT2D eigenvalue weighted by Crippen LogP contribution is -1.95. The highest BCUT2D eigenvalue weighted by Gasteiger charge is 2.09. The van der Waals surface area contributed by atoms with Crippen LogP contribution in [-0.2, 0) is 0 Å². The number of aryl methyl sites for hydroxylation is 1. The lowest BCUT2D eigenvalue weighted by Gasteiger charge is -2.02. The van der Waals surface area contributed by atoms with Crippen LogP contribution in [0.25, 0.3) is 0 Å². The van der Waals surface area contributed by atoms with E-state index in [0.29, 0.717) is 26.9 Å². The molecule has 2 rings (SSSR count). The number of nitro benzene ring substituents is 1. The molecule has 0 bridgehead atoms. The molecule has 7 heteroatoms. The smallest absolute Gasteiger partial charge is 0.272 e. The summed E-state index contributed by atoms with van der Waals surface area (Å²) in [5.41, 5.74) is 4.74. The molecule has 0 saturated heterocycles. The molecule has 2 aromatic rings. The van der Waals surface area contributed by atoms with Gasteiger partial charge in [-0.1, -0.05) is 35.3 Å². The fourth-order valence-electron chi connectivity index (χ4n) is 1.65. The SMILES string of the molecule is Cc1ccc(C=NNc2ccc(Cl)c(Cl)c2)cc1[N+](=O)[O-]. The van der Waals surface area contributed by atoms with Crippen LogP contribution in [-0.4, -0.2) is 11.1 Å². The predicted molar refractivity (Wildman–Crippen MR) is 85.5 cm³/mol. The molecule has 21 heavy (non-hydrogen) atoms. The average molecular weight is 324 g/mol. The molecule has 0 atom stereocenters. The topological polar surface area (TPSA) is 67.5 Å². The molecule has 0 fully saturated rings. The van der Waals surface area contributed by atoms with Crippen LogP contribution in [0.1, 0.15) is 11.1 Å². The van der Waals surface area contributed by atoms with Crippen LogP contribution in [0, 0.1) is 17.0 Å². The molecule has 0 aliphatic carbocycles. The molecule has 0 aliphatic heterocycles. The van der Waals surface area contributed by atoms with E-state index in [1.807, 2.05) is 0 Å². The van der Waals surface area contributed by atoms with Gasteiger partial charge in [0.2, 0.25) is 0 Å². The Bertz CT molecular complexity index is 717. The van der Waals surface area contributed by atoms with Gasteiger partial charge >= 0.3 is 0 Å². The van der Waals surface area contributed by atoms with Crippen molar-refractivity contribution in [2.24, 2.45) is 5.10 Å². The van der Waals surface area contributed by atoms with Crippen LogP contribution in [0.4, 0.5) is 11.4 Å². The number of anilines is 1. The van der Waals surface area contributed by atoms with Crippen molar-refractivity contribution >= 4 is 40.8 Å². The zero-order valence-electron chi connectivity index (χ0n) is 11.0. The zero-order chi connectivity index (χ0) is 15.4. The lowest BCUT2D eigenvalue weighted by molar-refractivity contribution is -0.385. The normalized spacial score (nSPS) is 10.8. The van der Waals surface area contributed by atoms with Crippen molar-refractivity contribution in [1.29, 1.82) is 0 Å². The van der Waals surface area contributed by atoms with Gasteiger partial charge < -0.3 is 0 Å². The van der Waals surface area contributed by atoms with Crippen molar-refractivity contribution in [3.63, 3.8) is 0 Å². The highest BCUT2D eigenvalue weighted by Crippen LogP contribution is 2.25. The Morgan fingerprint density at radius 2 is 1.95 bits per heavy atom. The summed E-state index contributed by atoms with van der Waals surface area (Å²) in [5.74, 6) is 0. The highest BCUT2D eigenvalue weighted by molar-refractivity contribution is 6.42. The molecule has 0 spiro atoms. The number of rotatable bonds is 4. The van der Waals surface area contributed by atoms with E-state index in [0.717, 1.165) is 0 Å². The maximum Gasteiger partial charge on any atom is 0.272 e. The van der Waals surface area contributed by atoms with Crippen LogP contribution < -0.4 is 5.43 Å². The Hall–Kier alpha value is -2.11. The Balaban J connectivity index is 2.12. The monoisotopic (exact) mass is 323 g/mol. The van der Waals surface area contributed by atoms with E-state index >= 15 is 0 Å². The first-order chi connectivity index (χ1) is 9.97. The number of nitro groups is 1. The molecule has 0 aliphatic rings. The van der Waals surface area contributed by atoms with E-state index < -0.39 is 4.92 Å². The number of hydrogen-bond donors (Lipinski definition) is 1. The third-order valence-corrected chi connectivity index (χ3v) is 3.50. The minimum absolute atomic E-state index is 0.0634. The fraction of sp³-hybridized carbons (Fsp3) is 0.0714. The van der Waals surface area contributed by atoms with E-state index in [9.17, 15) is 10.1 Å². The summed E-state index contributed by atoms with van der Waals surface area (Å²) in [6.45, 7) is 1.69. The third-order valence-electron chi connectivity index (χ3n) is 2.76. The molecule has 0 unspecified atom stereocenters. The Morgan fingerprint density at radius 3 is 2.62 bits per heavy atom. The second kappa shape index (κ2) is 6.56. The van der Waals surface area contributed by atoms with Crippen LogP contribution in [0.3, 0.4) is 0 Å². The van der Waals surface area contributed by atoms with Crippen LogP contribution >= 0.6 is 23.2 Å². The second-order valence-corrected chi connectivity index (χ2v) is 5.12. The van der Waals surface area contributed by atoms with Gasteiger partial charge in [-0.25, -0.2) is 0 Å². The molecule has 0 aromatic heterocycles. The van der Waals surface area contributed by atoms with Gasteiger partial charge in [0.05, 0.1) is 26.9 Å². The number of hydrogen-bond acceptors (Lipinski definition) is 4. The summed E-state index contributed by atoms with van der Waals surface area (Å²) in [4.78, 5) is 10.4. The Labute approximate surface area is 131 Å². The van der Waals surface area contributed by atoms with Crippen LogP contribution in [0.15, 0.2) is 41.5 Å². The largest absolute Gasteiger partial charge is 0.278 e. The quantitative estimate of drug-likeness (QED) is 0.505. The molecule has 0 amide bonds. The van der Waals surface area contributed by atoms with Gasteiger partial charge in [0.25, 0.3) is 5.69 Å². The first-order valence-electron chi connectivity index (χ1n) is 5.96. The minimum Gasteiger partial charge on any atom is -0.278 e. The van der Waals surface area contributed by atoms with Crippen molar-refractivity contribution in [2.75, 3.05) is 5.43 Å². The highest BCUT2D eigenvalue weighted by atomic mass is 35.5. The molecular formula is C14H11Cl2N3O2. The molecule has 5 nitrogen and oxygen atoms in total. The number of hydrazone groups is 1. The molecule has 108 valence electrons. The summed E-state index contributed by atoms with van der Waals surface area (Å²) >= 11 is 11.7. The average Bonchev–Trinajstić information content (AvgIpc) is 2.44. The van der Waals surface area contributed by atoms with Gasteiger partial charge in [0, 0.05) is 17.2 Å². The van der Waals surface area contributed by atoms with Gasteiger partial charge in [0.1, 0.15) is 0 Å². The number of nitrogens with zero attached hydrogens (tertiary/aromatic N) is 2. The van der Waals surface area contributed by atoms with Crippen molar-refractivity contribution in [3.8, 4) is 0 Å². The summed E-state index contributed by atoms with van der Waals surface area (Å²) in [6.07, 6.45) is 1.49. The summed E-state index contributed by atoms with van der Waals surface area (Å²) in [7, 11) is 0. The van der Waals surface area contributed by atoms with E-state index in [1.54, 1.807) is 37.3 Å². The van der Waals surface area contributed by atoms with Crippen molar-refractivity contribution < 1.29 is 4.92 Å². The summed E-state index contributed by atoms with van der Waals surface area (Å²) in [6, 6.07) is 9.91. The molecule has 1 N–H and O–H groups in total. The molecule has 0 saturated carbocycles. The van der Waals surface area contributed by atoms with Gasteiger partial charge in [-0.2, -0.15) is 5.10 Å². The van der Waals surface area contributed by atoms with E-state index in [2.05, 4.69) is 10.5 Å². The first kappa shape index (κ1) is 15.3. The van der Waals surface area contributed by atoms with Gasteiger partial charge in [-0.3, -0.25) is 15.5 Å². The lowest BCUT2D eigenvalue weighted by atomic mass is 10.1. The molecule has 0 heterocycles. The van der Waals surface area contributed by atoms with Gasteiger partial charge in [-0.05, 0) is 25.1 Å². The standard InChI is InChI=1S/C14H11Cl2N3O2/c1-9-2-3-10(6-14(9)19(20)21)8-17-18-11-4-5-12(15)13(16)7-11/h2-8,18H,1H3. The fourth-order valence-corrected chi connectivity index (χ4v) is 1.95. The molecule has 2 aromatic carbocycles. The van der Waals surface area contributed by atoms with Crippen molar-refractivity contribution in [3.05, 3.63) is 67.7 Å². The summed E-state index contributed by atoms with van der Waals surface area (Å²) in [5, 5.41) is 15.7. The van der Waals surface area contributed by atoms with Crippen LogP contribution in [0.2, 0.25) is 10.0 Å². The van der Waals surface area contributed by atoms with E-state index in [1.165, 1.54) is 12.3 Å².